The Kier molecular flexibility index (Phi) is 4.43. The van der Waals surface area contributed by atoms with Crippen LogP contribution in [0, 0.1) is 11.6 Å². The fourth-order valence-corrected chi connectivity index (χ4v) is 3.33. The molecule has 1 aromatic heterocycles. The molecule has 3 aromatic rings. The second kappa shape index (κ2) is 6.90. The number of nitrogens with zero attached hydrogens (tertiary/aromatic N) is 4. The molecule has 1 saturated heterocycles. The topological polar surface area (TPSA) is 49.3 Å². The number of rotatable bonds is 2. The lowest BCUT2D eigenvalue weighted by molar-refractivity contribution is -0.129. The first-order valence-corrected chi connectivity index (χ1v) is 8.75. The van der Waals surface area contributed by atoms with E-state index in [9.17, 15) is 13.6 Å². The highest BCUT2D eigenvalue weighted by molar-refractivity contribution is 5.91. The molecule has 27 heavy (non-hydrogen) atoms. The first kappa shape index (κ1) is 17.3. The van der Waals surface area contributed by atoms with E-state index in [0.29, 0.717) is 37.5 Å². The van der Waals surface area contributed by atoms with Crippen molar-refractivity contribution < 1.29 is 13.6 Å². The van der Waals surface area contributed by atoms with Crippen LogP contribution in [-0.4, -0.2) is 47.0 Å². The number of carbonyl (C=O) groups excluding carboxylic acids is 1. The number of aromatic nitrogens is 2. The number of para-hydroxylation sites is 1. The number of halogens is 2. The number of hydrogen-bond acceptors (Lipinski definition) is 4. The minimum absolute atomic E-state index is 0.0521. The Balaban J connectivity index is 1.79. The van der Waals surface area contributed by atoms with Gasteiger partial charge in [0.05, 0.1) is 11.1 Å². The molecule has 0 saturated carbocycles. The summed E-state index contributed by atoms with van der Waals surface area (Å²) in [6.07, 6.45) is 0. The Morgan fingerprint density at radius 1 is 1.00 bits per heavy atom. The van der Waals surface area contributed by atoms with E-state index >= 15 is 0 Å². The van der Waals surface area contributed by atoms with Crippen LogP contribution < -0.4 is 4.90 Å². The monoisotopic (exact) mass is 368 g/mol. The van der Waals surface area contributed by atoms with Crippen LogP contribution in [0.3, 0.4) is 0 Å². The summed E-state index contributed by atoms with van der Waals surface area (Å²) in [6.45, 7) is 4.03. The average Bonchev–Trinajstić information content (AvgIpc) is 2.67. The highest BCUT2D eigenvalue weighted by Crippen LogP contribution is 2.29. The fourth-order valence-electron chi connectivity index (χ4n) is 3.33. The molecule has 0 bridgehead atoms. The van der Waals surface area contributed by atoms with Gasteiger partial charge in [-0.1, -0.05) is 12.1 Å². The van der Waals surface area contributed by atoms with E-state index in [0.717, 1.165) is 11.5 Å². The van der Waals surface area contributed by atoms with Crippen molar-refractivity contribution in [2.45, 2.75) is 6.92 Å². The largest absolute Gasteiger partial charge is 0.352 e. The Morgan fingerprint density at radius 3 is 2.44 bits per heavy atom. The van der Waals surface area contributed by atoms with Crippen molar-refractivity contribution in [2.75, 3.05) is 31.1 Å². The second-order valence-electron chi connectivity index (χ2n) is 6.51. The lowest BCUT2D eigenvalue weighted by Gasteiger charge is -2.35. The van der Waals surface area contributed by atoms with E-state index in [4.69, 9.17) is 0 Å². The summed E-state index contributed by atoms with van der Waals surface area (Å²) in [5.41, 5.74) is 0.848. The van der Waals surface area contributed by atoms with E-state index in [2.05, 4.69) is 14.9 Å². The zero-order chi connectivity index (χ0) is 19.0. The van der Waals surface area contributed by atoms with E-state index in [1.54, 1.807) is 11.8 Å². The molecule has 7 heteroatoms. The van der Waals surface area contributed by atoms with Crippen LogP contribution in [0.4, 0.5) is 14.6 Å². The molecule has 0 radical (unpaired) electrons. The number of fused-ring (bicyclic) bond motifs is 1. The number of hydrogen-bond donors (Lipinski definition) is 0. The van der Waals surface area contributed by atoms with Gasteiger partial charge in [-0.15, -0.1) is 0 Å². The molecule has 0 spiro atoms. The van der Waals surface area contributed by atoms with Gasteiger partial charge >= 0.3 is 0 Å². The van der Waals surface area contributed by atoms with Gasteiger partial charge in [-0.05, 0) is 24.3 Å². The van der Waals surface area contributed by atoms with E-state index in [1.807, 2.05) is 24.3 Å². The van der Waals surface area contributed by atoms with Gasteiger partial charge < -0.3 is 9.80 Å². The maximum Gasteiger partial charge on any atom is 0.219 e. The van der Waals surface area contributed by atoms with Gasteiger partial charge in [-0.2, -0.15) is 0 Å². The van der Waals surface area contributed by atoms with Crippen LogP contribution in [0.1, 0.15) is 6.92 Å². The third-order valence-corrected chi connectivity index (χ3v) is 4.78. The SMILES string of the molecule is CC(=O)N1CCN(c2nc(-c3ccc(F)cc3F)nc3ccccc23)CC1. The van der Waals surface area contributed by atoms with Gasteiger partial charge in [0.1, 0.15) is 17.5 Å². The predicted molar refractivity (Wildman–Crippen MR) is 99.4 cm³/mol. The van der Waals surface area contributed by atoms with E-state index in [-0.39, 0.29) is 17.3 Å². The van der Waals surface area contributed by atoms with Crippen molar-refractivity contribution >= 4 is 22.6 Å². The molecule has 0 unspecified atom stereocenters. The molecule has 2 aromatic carbocycles. The molecule has 1 fully saturated rings. The average molecular weight is 368 g/mol. The third kappa shape index (κ3) is 3.32. The maximum absolute atomic E-state index is 14.3. The second-order valence-corrected chi connectivity index (χ2v) is 6.51. The molecule has 0 atom stereocenters. The zero-order valence-electron chi connectivity index (χ0n) is 14.8. The van der Waals surface area contributed by atoms with Crippen molar-refractivity contribution in [3.05, 3.63) is 54.1 Å². The summed E-state index contributed by atoms with van der Waals surface area (Å²) in [5.74, 6) is -0.371. The highest BCUT2D eigenvalue weighted by atomic mass is 19.1. The molecule has 1 aliphatic rings. The lowest BCUT2D eigenvalue weighted by atomic mass is 10.1. The lowest BCUT2D eigenvalue weighted by Crippen LogP contribution is -2.48. The molecular weight excluding hydrogens is 350 g/mol. The van der Waals surface area contributed by atoms with Gasteiger partial charge in [0.25, 0.3) is 0 Å². The molecule has 0 N–H and O–H groups in total. The van der Waals surface area contributed by atoms with Crippen LogP contribution in [0.2, 0.25) is 0 Å². The van der Waals surface area contributed by atoms with Crippen molar-refractivity contribution in [3.8, 4) is 11.4 Å². The Bertz CT molecular complexity index is 1020. The van der Waals surface area contributed by atoms with Gasteiger partial charge in [0.2, 0.25) is 5.91 Å². The number of benzene rings is 2. The Morgan fingerprint density at radius 2 is 1.74 bits per heavy atom. The third-order valence-electron chi connectivity index (χ3n) is 4.78. The summed E-state index contributed by atoms with van der Waals surface area (Å²) in [5, 5.41) is 0.861. The minimum Gasteiger partial charge on any atom is -0.352 e. The molecule has 138 valence electrons. The van der Waals surface area contributed by atoms with Gasteiger partial charge in [0.15, 0.2) is 5.82 Å². The van der Waals surface area contributed by atoms with Crippen LogP contribution in [0.5, 0.6) is 0 Å². The standard InChI is InChI=1S/C20H18F2N4O/c1-13(27)25-8-10-26(11-9-25)20-16-4-2-3-5-18(16)23-19(24-20)15-7-6-14(21)12-17(15)22/h2-7,12H,8-11H2,1H3. The predicted octanol–water partition coefficient (Wildman–Crippen LogP) is 3.24. The first-order chi connectivity index (χ1) is 13.0. The summed E-state index contributed by atoms with van der Waals surface area (Å²) in [4.78, 5) is 24.5. The zero-order valence-corrected chi connectivity index (χ0v) is 14.8. The smallest absolute Gasteiger partial charge is 0.219 e. The molecule has 1 amide bonds. The molecule has 0 aliphatic carbocycles. The van der Waals surface area contributed by atoms with E-state index in [1.165, 1.54) is 12.1 Å². The summed E-state index contributed by atoms with van der Waals surface area (Å²) >= 11 is 0. The molecule has 4 rings (SSSR count). The normalized spacial score (nSPS) is 14.6. The Labute approximate surface area is 155 Å². The first-order valence-electron chi connectivity index (χ1n) is 8.75. The summed E-state index contributed by atoms with van der Waals surface area (Å²) in [6, 6.07) is 10.9. The highest BCUT2D eigenvalue weighted by Gasteiger charge is 2.22. The number of piperazine rings is 1. The number of carbonyl (C=O) groups is 1. The van der Waals surface area contributed by atoms with Gasteiger partial charge in [-0.25, -0.2) is 18.7 Å². The van der Waals surface area contributed by atoms with Gasteiger partial charge in [0, 0.05) is 44.6 Å². The van der Waals surface area contributed by atoms with Crippen molar-refractivity contribution in [3.63, 3.8) is 0 Å². The van der Waals surface area contributed by atoms with Crippen LogP contribution in [0.15, 0.2) is 42.5 Å². The Hall–Kier alpha value is -3.09. The maximum atomic E-state index is 14.3. The molecule has 2 heterocycles. The van der Waals surface area contributed by atoms with Crippen molar-refractivity contribution in [1.82, 2.24) is 14.9 Å². The van der Waals surface area contributed by atoms with Crippen molar-refractivity contribution in [1.29, 1.82) is 0 Å². The minimum atomic E-state index is -0.697. The van der Waals surface area contributed by atoms with Crippen LogP contribution in [0.25, 0.3) is 22.3 Å². The van der Waals surface area contributed by atoms with Crippen molar-refractivity contribution in [2.24, 2.45) is 0 Å². The quantitative estimate of drug-likeness (QED) is 0.697. The number of amides is 1. The van der Waals surface area contributed by atoms with E-state index < -0.39 is 11.6 Å². The molecular formula is C20H18F2N4O. The fraction of sp³-hybridized carbons (Fsp3) is 0.250. The molecule has 5 nitrogen and oxygen atoms in total. The summed E-state index contributed by atoms with van der Waals surface area (Å²) in [7, 11) is 0. The van der Waals surface area contributed by atoms with Crippen LogP contribution >= 0.6 is 0 Å². The van der Waals surface area contributed by atoms with Gasteiger partial charge in [-0.3, -0.25) is 4.79 Å². The number of anilines is 1. The van der Waals surface area contributed by atoms with Crippen LogP contribution in [-0.2, 0) is 4.79 Å². The summed E-state index contributed by atoms with van der Waals surface area (Å²) < 4.78 is 27.5. The molecule has 1 aliphatic heterocycles.